The molecule has 0 fully saturated rings. The monoisotopic (exact) mass is 382 g/mol. The van der Waals surface area contributed by atoms with Gasteiger partial charge in [0.25, 0.3) is 5.91 Å². The number of hydrogen-bond donors (Lipinski definition) is 1. The summed E-state index contributed by atoms with van der Waals surface area (Å²) in [5.74, 6) is 0.555. The van der Waals surface area contributed by atoms with Crippen molar-refractivity contribution in [1.82, 2.24) is 5.32 Å². The van der Waals surface area contributed by atoms with E-state index in [4.69, 9.17) is 9.47 Å². The van der Waals surface area contributed by atoms with Crippen molar-refractivity contribution in [3.05, 3.63) is 53.6 Å². The van der Waals surface area contributed by atoms with Crippen LogP contribution in [0.2, 0.25) is 0 Å². The van der Waals surface area contributed by atoms with E-state index in [1.54, 1.807) is 30.2 Å². The maximum absolute atomic E-state index is 13.2. The molecule has 0 aromatic heterocycles. The summed E-state index contributed by atoms with van der Waals surface area (Å²) in [7, 11) is 3.06. The van der Waals surface area contributed by atoms with Gasteiger partial charge in [0.2, 0.25) is 5.91 Å². The van der Waals surface area contributed by atoms with Gasteiger partial charge in [-0.1, -0.05) is 32.0 Å². The normalized spacial score (nSPS) is 13.8. The third-order valence-electron chi connectivity index (χ3n) is 5.02. The molecule has 28 heavy (non-hydrogen) atoms. The van der Waals surface area contributed by atoms with E-state index in [2.05, 4.69) is 5.32 Å². The van der Waals surface area contributed by atoms with Crippen LogP contribution in [0, 0.1) is 5.92 Å². The van der Waals surface area contributed by atoms with E-state index in [1.165, 1.54) is 7.11 Å². The average molecular weight is 382 g/mol. The van der Waals surface area contributed by atoms with Crippen molar-refractivity contribution in [2.75, 3.05) is 25.7 Å². The third-order valence-corrected chi connectivity index (χ3v) is 5.02. The van der Waals surface area contributed by atoms with Gasteiger partial charge in [0.05, 0.1) is 14.2 Å². The molecular weight excluding hydrogens is 356 g/mol. The van der Waals surface area contributed by atoms with Gasteiger partial charge in [0.15, 0.2) is 11.5 Å². The minimum atomic E-state index is -0.619. The molecule has 1 aliphatic rings. The van der Waals surface area contributed by atoms with Gasteiger partial charge in [0.1, 0.15) is 6.04 Å². The number of carbonyl (C=O) groups excluding carboxylic acids is 2. The highest BCUT2D eigenvalue weighted by molar-refractivity contribution is 6.03. The fourth-order valence-corrected chi connectivity index (χ4v) is 3.45. The molecule has 1 N–H and O–H groups in total. The zero-order valence-corrected chi connectivity index (χ0v) is 16.7. The molecule has 6 heteroatoms. The molecule has 6 nitrogen and oxygen atoms in total. The number of nitrogens with one attached hydrogen (secondary N) is 1. The Morgan fingerprint density at radius 2 is 1.75 bits per heavy atom. The molecule has 2 aromatic carbocycles. The van der Waals surface area contributed by atoms with Crippen LogP contribution in [0.15, 0.2) is 42.5 Å². The molecule has 0 saturated carbocycles. The van der Waals surface area contributed by atoms with Crippen molar-refractivity contribution in [3.8, 4) is 11.5 Å². The Balaban J connectivity index is 1.80. The number of benzene rings is 2. The number of para-hydroxylation sites is 1. The van der Waals surface area contributed by atoms with Gasteiger partial charge in [-0.25, -0.2) is 0 Å². The van der Waals surface area contributed by atoms with Gasteiger partial charge < -0.3 is 19.7 Å². The van der Waals surface area contributed by atoms with Crippen LogP contribution < -0.4 is 19.7 Å². The molecule has 2 aromatic rings. The number of carbonyl (C=O) groups is 2. The maximum Gasteiger partial charge on any atom is 0.252 e. The zero-order chi connectivity index (χ0) is 20.3. The van der Waals surface area contributed by atoms with Crippen LogP contribution in [0.4, 0.5) is 5.69 Å². The van der Waals surface area contributed by atoms with Crippen LogP contribution in [-0.4, -0.2) is 38.6 Å². The molecule has 2 amide bonds. The molecule has 1 aliphatic heterocycles. The van der Waals surface area contributed by atoms with Crippen LogP contribution in [-0.2, 0) is 11.2 Å². The fourth-order valence-electron chi connectivity index (χ4n) is 3.45. The third kappa shape index (κ3) is 3.81. The van der Waals surface area contributed by atoms with Gasteiger partial charge in [-0.05, 0) is 42.2 Å². The van der Waals surface area contributed by atoms with E-state index >= 15 is 0 Å². The van der Waals surface area contributed by atoms with Gasteiger partial charge >= 0.3 is 0 Å². The zero-order valence-electron chi connectivity index (χ0n) is 16.7. The molecule has 1 atom stereocenters. The Labute approximate surface area is 165 Å². The van der Waals surface area contributed by atoms with Crippen LogP contribution in [0.25, 0.3) is 0 Å². The Hall–Kier alpha value is -3.02. The highest BCUT2D eigenvalue weighted by Crippen LogP contribution is 2.29. The summed E-state index contributed by atoms with van der Waals surface area (Å²) < 4.78 is 10.5. The summed E-state index contributed by atoms with van der Waals surface area (Å²) >= 11 is 0. The summed E-state index contributed by atoms with van der Waals surface area (Å²) in [5, 5.41) is 2.90. The Bertz CT molecular complexity index is 879. The second-order valence-corrected chi connectivity index (χ2v) is 7.13. The number of amides is 2. The van der Waals surface area contributed by atoms with Crippen LogP contribution in [0.1, 0.15) is 29.8 Å². The first-order valence-corrected chi connectivity index (χ1v) is 9.38. The fraction of sp³-hybridized carbons (Fsp3) is 0.364. The smallest absolute Gasteiger partial charge is 0.252 e. The van der Waals surface area contributed by atoms with Crippen molar-refractivity contribution in [2.24, 2.45) is 5.92 Å². The second-order valence-electron chi connectivity index (χ2n) is 7.13. The van der Waals surface area contributed by atoms with Gasteiger partial charge in [-0.15, -0.1) is 0 Å². The molecule has 148 valence electrons. The minimum absolute atomic E-state index is 0.0515. The number of rotatable bonds is 6. The number of nitrogens with zero attached hydrogens (tertiary/aromatic N) is 1. The maximum atomic E-state index is 13.2. The second kappa shape index (κ2) is 8.33. The van der Waals surface area contributed by atoms with Gasteiger partial charge in [-0.2, -0.15) is 0 Å². The average Bonchev–Trinajstić information content (AvgIpc) is 3.14. The molecule has 3 rings (SSSR count). The Morgan fingerprint density at radius 1 is 1.04 bits per heavy atom. The van der Waals surface area contributed by atoms with Gasteiger partial charge in [-0.3, -0.25) is 9.59 Å². The number of ether oxygens (including phenoxy) is 2. The quantitative estimate of drug-likeness (QED) is 0.834. The summed E-state index contributed by atoms with van der Waals surface area (Å²) in [5.41, 5.74) is 2.50. The standard InChI is InChI=1S/C22H26N2O4/c1-14(2)20(22(26)24-12-11-15-7-5-6-8-17(15)24)23-21(25)16-9-10-18(27-3)19(13-16)28-4/h5-10,13-14,20H,11-12H2,1-4H3,(H,23,25)/t20-/m1/s1. The predicted octanol–water partition coefficient (Wildman–Crippen LogP) is 3.05. The Kier molecular flexibility index (Phi) is 5.87. The summed E-state index contributed by atoms with van der Waals surface area (Å²) in [6, 6.07) is 12.2. The van der Waals surface area contributed by atoms with Crippen LogP contribution >= 0.6 is 0 Å². The lowest BCUT2D eigenvalue weighted by molar-refractivity contribution is -0.121. The molecule has 0 unspecified atom stereocenters. The molecule has 0 aliphatic carbocycles. The molecule has 0 bridgehead atoms. The summed E-state index contributed by atoms with van der Waals surface area (Å²) in [6.07, 6.45) is 0.830. The molecule has 0 spiro atoms. The van der Waals surface area contributed by atoms with E-state index in [9.17, 15) is 9.59 Å². The minimum Gasteiger partial charge on any atom is -0.493 e. The number of fused-ring (bicyclic) bond motifs is 1. The van der Waals surface area contributed by atoms with E-state index in [0.717, 1.165) is 17.7 Å². The highest BCUT2D eigenvalue weighted by atomic mass is 16.5. The van der Waals surface area contributed by atoms with Crippen molar-refractivity contribution >= 4 is 17.5 Å². The molecule has 0 saturated heterocycles. The summed E-state index contributed by atoms with van der Waals surface area (Å²) in [4.78, 5) is 27.8. The van der Waals surface area contributed by atoms with Crippen LogP contribution in [0.5, 0.6) is 11.5 Å². The molecule has 0 radical (unpaired) electrons. The van der Waals surface area contributed by atoms with Crippen LogP contribution in [0.3, 0.4) is 0 Å². The highest BCUT2D eigenvalue weighted by Gasteiger charge is 2.33. The molecule has 1 heterocycles. The van der Waals surface area contributed by atoms with E-state index < -0.39 is 6.04 Å². The number of methoxy groups -OCH3 is 2. The first-order chi connectivity index (χ1) is 13.5. The lowest BCUT2D eigenvalue weighted by Crippen LogP contribution is -2.51. The van der Waals surface area contributed by atoms with E-state index in [0.29, 0.717) is 23.6 Å². The van der Waals surface area contributed by atoms with Crippen molar-refractivity contribution in [3.63, 3.8) is 0 Å². The van der Waals surface area contributed by atoms with Crippen molar-refractivity contribution in [2.45, 2.75) is 26.3 Å². The lowest BCUT2D eigenvalue weighted by Gasteiger charge is -2.27. The lowest BCUT2D eigenvalue weighted by atomic mass is 10.0. The first kappa shape index (κ1) is 19.7. The van der Waals surface area contributed by atoms with Crippen molar-refractivity contribution < 1.29 is 19.1 Å². The number of anilines is 1. The largest absolute Gasteiger partial charge is 0.493 e. The topological polar surface area (TPSA) is 67.9 Å². The van der Waals surface area contributed by atoms with Crippen molar-refractivity contribution in [1.29, 1.82) is 0 Å². The van der Waals surface area contributed by atoms with Gasteiger partial charge in [0, 0.05) is 17.8 Å². The SMILES string of the molecule is COc1ccc(C(=O)N[C@@H](C(=O)N2CCc3ccccc32)C(C)C)cc1OC. The van der Waals surface area contributed by atoms with E-state index in [-0.39, 0.29) is 17.7 Å². The first-order valence-electron chi connectivity index (χ1n) is 9.38. The molecular formula is C22H26N2O4. The Morgan fingerprint density at radius 3 is 2.43 bits per heavy atom. The summed E-state index contributed by atoms with van der Waals surface area (Å²) in [6.45, 7) is 4.49. The predicted molar refractivity (Wildman–Crippen MR) is 108 cm³/mol. The van der Waals surface area contributed by atoms with E-state index in [1.807, 2.05) is 38.1 Å². The number of hydrogen-bond acceptors (Lipinski definition) is 4.